The summed E-state index contributed by atoms with van der Waals surface area (Å²) >= 11 is 11.7. The predicted molar refractivity (Wildman–Crippen MR) is 91.0 cm³/mol. The van der Waals surface area contributed by atoms with Crippen LogP contribution >= 0.6 is 23.2 Å². The van der Waals surface area contributed by atoms with Crippen LogP contribution in [0.3, 0.4) is 0 Å². The minimum Gasteiger partial charge on any atom is -0.449 e. The van der Waals surface area contributed by atoms with E-state index in [0.717, 1.165) is 0 Å². The number of ether oxygens (including phenoxy) is 1. The Morgan fingerprint density at radius 1 is 1.38 bits per heavy atom. The van der Waals surface area contributed by atoms with Crippen LogP contribution < -0.4 is 11.1 Å². The Labute approximate surface area is 149 Å². The lowest BCUT2D eigenvalue weighted by molar-refractivity contribution is -0.129. The average Bonchev–Trinajstić information content (AvgIpc) is 2.81. The van der Waals surface area contributed by atoms with Crippen LogP contribution in [0.4, 0.5) is 5.69 Å². The fraction of sp³-hybridized carbons (Fsp3) is 0.429. The number of amides is 1. The second kappa shape index (κ2) is 7.16. The van der Waals surface area contributed by atoms with E-state index < -0.39 is 33.9 Å². The number of carbonyl (C=O) groups is 2. The summed E-state index contributed by atoms with van der Waals surface area (Å²) in [4.78, 5) is 24.2. The van der Waals surface area contributed by atoms with Crippen LogP contribution in [-0.2, 0) is 19.4 Å². The van der Waals surface area contributed by atoms with E-state index >= 15 is 0 Å². The van der Waals surface area contributed by atoms with Crippen LogP contribution in [0, 0.1) is 0 Å². The van der Waals surface area contributed by atoms with Crippen molar-refractivity contribution in [3.8, 4) is 0 Å². The second-order valence-corrected chi connectivity index (χ2v) is 8.58. The van der Waals surface area contributed by atoms with E-state index in [4.69, 9.17) is 33.7 Å². The van der Waals surface area contributed by atoms with Gasteiger partial charge in [-0.1, -0.05) is 23.2 Å². The fourth-order valence-corrected chi connectivity index (χ4v) is 4.43. The van der Waals surface area contributed by atoms with Gasteiger partial charge < -0.3 is 15.8 Å². The van der Waals surface area contributed by atoms with E-state index in [-0.39, 0.29) is 32.8 Å². The number of sulfone groups is 1. The third kappa shape index (κ3) is 4.52. The summed E-state index contributed by atoms with van der Waals surface area (Å²) < 4.78 is 27.8. The third-order valence-electron chi connectivity index (χ3n) is 3.55. The van der Waals surface area contributed by atoms with Crippen molar-refractivity contribution in [1.82, 2.24) is 5.32 Å². The molecular formula is C14H16Cl2N2O5S. The van der Waals surface area contributed by atoms with E-state index in [1.807, 2.05) is 0 Å². The van der Waals surface area contributed by atoms with E-state index in [1.165, 1.54) is 19.1 Å². The monoisotopic (exact) mass is 394 g/mol. The zero-order chi connectivity index (χ0) is 18.1. The average molecular weight is 395 g/mol. The maximum Gasteiger partial charge on any atom is 0.341 e. The van der Waals surface area contributed by atoms with Crippen LogP contribution in [0.25, 0.3) is 0 Å². The minimum absolute atomic E-state index is 0.000520. The molecule has 3 N–H and O–H groups in total. The summed E-state index contributed by atoms with van der Waals surface area (Å²) in [7, 11) is -3.12. The molecule has 1 heterocycles. The van der Waals surface area contributed by atoms with Gasteiger partial charge in [-0.15, -0.1) is 0 Å². The molecule has 0 saturated carbocycles. The molecule has 0 aliphatic carbocycles. The van der Waals surface area contributed by atoms with Crippen molar-refractivity contribution in [3.05, 3.63) is 27.7 Å². The first-order valence-electron chi connectivity index (χ1n) is 7.05. The van der Waals surface area contributed by atoms with Crippen LogP contribution in [0.15, 0.2) is 12.1 Å². The molecule has 0 radical (unpaired) electrons. The quantitative estimate of drug-likeness (QED) is 0.589. The molecule has 0 aromatic heterocycles. The lowest BCUT2D eigenvalue weighted by Gasteiger charge is -2.17. The molecule has 132 valence electrons. The van der Waals surface area contributed by atoms with Gasteiger partial charge in [-0.2, -0.15) is 0 Å². The number of hydrogen-bond donors (Lipinski definition) is 2. The highest BCUT2D eigenvalue weighted by Crippen LogP contribution is 2.28. The Morgan fingerprint density at radius 3 is 2.62 bits per heavy atom. The molecule has 1 aromatic carbocycles. The molecule has 2 atom stereocenters. The van der Waals surface area contributed by atoms with Gasteiger partial charge in [0.05, 0.1) is 27.8 Å². The van der Waals surface area contributed by atoms with Gasteiger partial charge in [0, 0.05) is 11.1 Å². The van der Waals surface area contributed by atoms with Crippen molar-refractivity contribution < 1.29 is 22.7 Å². The molecule has 1 aliphatic heterocycles. The lowest BCUT2D eigenvalue weighted by Crippen LogP contribution is -2.42. The van der Waals surface area contributed by atoms with Crippen molar-refractivity contribution in [3.63, 3.8) is 0 Å². The maximum atomic E-state index is 12.1. The van der Waals surface area contributed by atoms with Crippen LogP contribution in [0.1, 0.15) is 23.7 Å². The lowest BCUT2D eigenvalue weighted by atomic mass is 10.2. The molecule has 1 saturated heterocycles. The summed E-state index contributed by atoms with van der Waals surface area (Å²) in [5.74, 6) is -1.52. The van der Waals surface area contributed by atoms with E-state index in [0.29, 0.717) is 6.42 Å². The Kier molecular flexibility index (Phi) is 5.62. The number of nitrogen functional groups attached to an aromatic ring is 1. The number of rotatable bonds is 4. The maximum absolute atomic E-state index is 12.1. The Hall–Kier alpha value is -1.51. The number of nitrogens with two attached hydrogens (primary N) is 1. The molecule has 1 aliphatic rings. The molecule has 0 unspecified atom stereocenters. The van der Waals surface area contributed by atoms with Gasteiger partial charge in [-0.3, -0.25) is 4.79 Å². The number of hydrogen-bond acceptors (Lipinski definition) is 6. The number of benzene rings is 1. The summed E-state index contributed by atoms with van der Waals surface area (Å²) in [6, 6.07) is 2.19. The number of carbonyl (C=O) groups excluding carboxylic acids is 2. The molecule has 0 spiro atoms. The molecule has 24 heavy (non-hydrogen) atoms. The van der Waals surface area contributed by atoms with E-state index in [9.17, 15) is 18.0 Å². The van der Waals surface area contributed by atoms with Crippen molar-refractivity contribution in [2.75, 3.05) is 17.2 Å². The number of halogens is 2. The second-order valence-electron chi connectivity index (χ2n) is 5.50. The van der Waals surface area contributed by atoms with Crippen molar-refractivity contribution in [2.45, 2.75) is 25.5 Å². The summed E-state index contributed by atoms with van der Waals surface area (Å²) in [5, 5.41) is 2.85. The van der Waals surface area contributed by atoms with E-state index in [2.05, 4.69) is 5.32 Å². The van der Waals surface area contributed by atoms with Gasteiger partial charge in [0.25, 0.3) is 5.91 Å². The topological polar surface area (TPSA) is 116 Å². The number of esters is 1. The third-order valence-corrected chi connectivity index (χ3v) is 5.84. The molecule has 1 aromatic rings. The largest absolute Gasteiger partial charge is 0.449 e. The van der Waals surface area contributed by atoms with E-state index in [1.54, 1.807) is 0 Å². The molecule has 7 nitrogen and oxygen atoms in total. The number of nitrogens with one attached hydrogen (secondary N) is 1. The number of anilines is 1. The first kappa shape index (κ1) is 18.8. The highest BCUT2D eigenvalue weighted by molar-refractivity contribution is 7.91. The standard InChI is InChI=1S/C14H16Cl2N2O5S/c1-7(13(19)18-9-2-3-24(21,22)6-9)23-14(20)10-4-8(15)5-11(16)12(10)17/h4-5,7,9H,2-3,6,17H2,1H3,(H,18,19)/t7-,9-/m1/s1. The fourth-order valence-electron chi connectivity index (χ4n) is 2.26. The van der Waals surface area contributed by atoms with Crippen molar-refractivity contribution in [2.24, 2.45) is 0 Å². The zero-order valence-electron chi connectivity index (χ0n) is 12.7. The van der Waals surface area contributed by atoms with Gasteiger partial charge >= 0.3 is 5.97 Å². The SMILES string of the molecule is C[C@@H](OC(=O)c1cc(Cl)cc(Cl)c1N)C(=O)N[C@@H]1CCS(=O)(=O)C1. The predicted octanol–water partition coefficient (Wildman–Crippen LogP) is 1.42. The van der Waals surface area contributed by atoms with Crippen molar-refractivity contribution >= 4 is 50.6 Å². The van der Waals surface area contributed by atoms with Crippen molar-refractivity contribution in [1.29, 1.82) is 0 Å². The Bertz CT molecular complexity index is 782. The Morgan fingerprint density at radius 2 is 2.04 bits per heavy atom. The highest BCUT2D eigenvalue weighted by atomic mass is 35.5. The van der Waals surface area contributed by atoms with Gasteiger partial charge in [0.2, 0.25) is 0 Å². The molecule has 0 bridgehead atoms. The van der Waals surface area contributed by atoms with Gasteiger partial charge in [0.15, 0.2) is 15.9 Å². The van der Waals surface area contributed by atoms with Crippen LogP contribution in [-0.4, -0.2) is 43.9 Å². The van der Waals surface area contributed by atoms with Gasteiger partial charge in [-0.05, 0) is 25.5 Å². The normalized spacial score (nSPS) is 20.4. The van der Waals surface area contributed by atoms with Crippen LogP contribution in [0.5, 0.6) is 0 Å². The zero-order valence-corrected chi connectivity index (χ0v) is 15.0. The first-order chi connectivity index (χ1) is 11.1. The summed E-state index contributed by atoms with van der Waals surface area (Å²) in [5.41, 5.74) is 5.66. The first-order valence-corrected chi connectivity index (χ1v) is 9.63. The molecular weight excluding hydrogens is 379 g/mol. The summed E-state index contributed by atoms with van der Waals surface area (Å²) in [6.07, 6.45) is -0.788. The minimum atomic E-state index is -3.12. The molecule has 1 fully saturated rings. The van der Waals surface area contributed by atoms with Crippen LogP contribution in [0.2, 0.25) is 10.0 Å². The molecule has 1 amide bonds. The van der Waals surface area contributed by atoms with Gasteiger partial charge in [-0.25, -0.2) is 13.2 Å². The smallest absolute Gasteiger partial charge is 0.341 e. The molecule has 2 rings (SSSR count). The summed E-state index contributed by atoms with van der Waals surface area (Å²) in [6.45, 7) is 1.37. The van der Waals surface area contributed by atoms with Gasteiger partial charge in [0.1, 0.15) is 0 Å². The Balaban J connectivity index is 2.00. The molecule has 10 heteroatoms. The highest BCUT2D eigenvalue weighted by Gasteiger charge is 2.31.